The molecule has 3 N–H and O–H groups in total. The summed E-state index contributed by atoms with van der Waals surface area (Å²) < 4.78 is 1.17. The van der Waals surface area contributed by atoms with Crippen molar-refractivity contribution >= 4 is 33.3 Å². The zero-order valence-electron chi connectivity index (χ0n) is 17.5. The Hall–Kier alpha value is -2.32. The first-order valence-electron chi connectivity index (χ1n) is 10.9. The molecule has 7 nitrogen and oxygen atoms in total. The number of fused-ring (bicyclic) bond motifs is 1. The van der Waals surface area contributed by atoms with Crippen LogP contribution in [0.1, 0.15) is 56.3 Å². The van der Waals surface area contributed by atoms with E-state index < -0.39 is 0 Å². The largest absolute Gasteiger partial charge is 0.396 e. The number of anilines is 2. The summed E-state index contributed by atoms with van der Waals surface area (Å²) in [4.78, 5) is 19.2. The summed E-state index contributed by atoms with van der Waals surface area (Å²) >= 11 is 1.69. The molecule has 2 fully saturated rings. The Balaban J connectivity index is 1.56. The van der Waals surface area contributed by atoms with Crippen molar-refractivity contribution in [2.24, 2.45) is 5.92 Å². The molecular weight excluding hydrogens is 396 g/mol. The number of pyridine rings is 1. The number of aromatic nitrogens is 4. The minimum absolute atomic E-state index is 0.255. The van der Waals surface area contributed by atoms with Crippen LogP contribution in [0.2, 0.25) is 0 Å². The van der Waals surface area contributed by atoms with Gasteiger partial charge in [0, 0.05) is 31.3 Å². The maximum Gasteiger partial charge on any atom is 0.224 e. The van der Waals surface area contributed by atoms with E-state index >= 15 is 0 Å². The molecule has 0 aliphatic heterocycles. The first-order chi connectivity index (χ1) is 14.7. The first kappa shape index (κ1) is 19.6. The van der Waals surface area contributed by atoms with E-state index in [0.717, 1.165) is 59.1 Å². The molecule has 3 heterocycles. The highest BCUT2D eigenvalue weighted by Gasteiger charge is 2.30. The van der Waals surface area contributed by atoms with E-state index in [9.17, 15) is 5.11 Å². The number of hydrogen-bond acceptors (Lipinski definition) is 8. The second-order valence-electron chi connectivity index (χ2n) is 8.43. The van der Waals surface area contributed by atoms with Crippen LogP contribution in [-0.2, 0) is 0 Å². The van der Waals surface area contributed by atoms with Crippen molar-refractivity contribution in [3.8, 4) is 10.6 Å². The molecule has 0 spiro atoms. The third-order valence-electron chi connectivity index (χ3n) is 6.08. The predicted molar refractivity (Wildman–Crippen MR) is 121 cm³/mol. The number of rotatable bonds is 7. The van der Waals surface area contributed by atoms with Crippen LogP contribution < -0.4 is 10.6 Å². The van der Waals surface area contributed by atoms with Gasteiger partial charge in [0.2, 0.25) is 5.95 Å². The molecule has 2 aliphatic rings. The SMILES string of the molecule is CCNc1nc(C)c(-c2nc3c(C4CC4)nccc3s2)c(NC2CCC(CO)C2)n1. The normalized spacial score (nSPS) is 21.3. The Morgan fingerprint density at radius 1 is 1.17 bits per heavy atom. The van der Waals surface area contributed by atoms with Crippen LogP contribution in [0.15, 0.2) is 12.3 Å². The molecule has 0 aromatic carbocycles. The van der Waals surface area contributed by atoms with Gasteiger partial charge < -0.3 is 15.7 Å². The van der Waals surface area contributed by atoms with E-state index in [1.807, 2.05) is 20.0 Å². The van der Waals surface area contributed by atoms with Crippen LogP contribution in [0.3, 0.4) is 0 Å². The van der Waals surface area contributed by atoms with Gasteiger partial charge in [0.15, 0.2) is 0 Å². The summed E-state index contributed by atoms with van der Waals surface area (Å²) in [6.07, 6.45) is 7.37. The van der Waals surface area contributed by atoms with Gasteiger partial charge in [-0.05, 0) is 57.9 Å². The van der Waals surface area contributed by atoms with E-state index in [1.54, 1.807) is 11.3 Å². The zero-order chi connectivity index (χ0) is 20.7. The number of aliphatic hydroxyl groups is 1. The summed E-state index contributed by atoms with van der Waals surface area (Å²) in [6, 6.07) is 2.37. The van der Waals surface area contributed by atoms with E-state index in [0.29, 0.717) is 23.8 Å². The Labute approximate surface area is 180 Å². The molecule has 2 saturated carbocycles. The Morgan fingerprint density at radius 3 is 2.77 bits per heavy atom. The number of thiazole rings is 1. The van der Waals surface area contributed by atoms with Crippen molar-refractivity contribution in [2.75, 3.05) is 23.8 Å². The third-order valence-corrected chi connectivity index (χ3v) is 7.12. The molecule has 158 valence electrons. The minimum Gasteiger partial charge on any atom is -0.396 e. The topological polar surface area (TPSA) is 95.9 Å². The van der Waals surface area contributed by atoms with Gasteiger partial charge in [-0.2, -0.15) is 4.98 Å². The van der Waals surface area contributed by atoms with Gasteiger partial charge in [-0.3, -0.25) is 4.98 Å². The van der Waals surface area contributed by atoms with Gasteiger partial charge in [-0.1, -0.05) is 0 Å². The number of aliphatic hydroxyl groups excluding tert-OH is 1. The summed E-state index contributed by atoms with van der Waals surface area (Å²) in [7, 11) is 0. The van der Waals surface area contributed by atoms with Crippen LogP contribution >= 0.6 is 11.3 Å². The summed E-state index contributed by atoms with van der Waals surface area (Å²) in [5.41, 5.74) is 4.06. The number of aryl methyl sites for hydroxylation is 1. The average Bonchev–Trinajstić information content (AvgIpc) is 3.32. The molecular formula is C22H28N6OS. The Kier molecular flexibility index (Phi) is 5.28. The highest BCUT2D eigenvalue weighted by atomic mass is 32.1. The fourth-order valence-electron chi connectivity index (χ4n) is 4.37. The highest BCUT2D eigenvalue weighted by Crippen LogP contribution is 2.44. The van der Waals surface area contributed by atoms with Crippen molar-refractivity contribution in [3.05, 3.63) is 23.7 Å². The van der Waals surface area contributed by atoms with Gasteiger partial charge >= 0.3 is 0 Å². The molecule has 0 amide bonds. The van der Waals surface area contributed by atoms with Crippen molar-refractivity contribution in [2.45, 2.75) is 57.9 Å². The number of nitrogens with zero attached hydrogens (tertiary/aromatic N) is 4. The van der Waals surface area contributed by atoms with Crippen LogP contribution in [0.4, 0.5) is 11.8 Å². The number of hydrogen-bond donors (Lipinski definition) is 3. The summed E-state index contributed by atoms with van der Waals surface area (Å²) in [5.74, 6) is 2.40. The molecule has 5 rings (SSSR count). The fraction of sp³-hybridized carbons (Fsp3) is 0.545. The quantitative estimate of drug-likeness (QED) is 0.519. The molecule has 2 unspecified atom stereocenters. The molecule has 8 heteroatoms. The average molecular weight is 425 g/mol. The zero-order valence-corrected chi connectivity index (χ0v) is 18.3. The molecule has 0 bridgehead atoms. The lowest BCUT2D eigenvalue weighted by Gasteiger charge is -2.18. The monoisotopic (exact) mass is 424 g/mol. The standard InChI is InChI=1S/C22H28N6OS/c1-3-23-22-25-12(2)17(20(28-22)26-15-7-4-13(10-15)11-29)21-27-19-16(30-21)8-9-24-18(19)14-5-6-14/h8-9,13-15,29H,3-7,10-11H2,1-2H3,(H2,23,25,26,28). The van der Waals surface area contributed by atoms with Gasteiger partial charge in [0.05, 0.1) is 21.7 Å². The summed E-state index contributed by atoms with van der Waals surface area (Å²) in [5, 5.41) is 17.4. The van der Waals surface area contributed by atoms with Crippen molar-refractivity contribution in [1.82, 2.24) is 19.9 Å². The molecule has 0 radical (unpaired) electrons. The molecule has 3 aromatic rings. The summed E-state index contributed by atoms with van der Waals surface area (Å²) in [6.45, 7) is 5.10. The van der Waals surface area contributed by atoms with Crippen molar-refractivity contribution in [1.29, 1.82) is 0 Å². The van der Waals surface area contributed by atoms with E-state index in [4.69, 9.17) is 15.0 Å². The van der Waals surface area contributed by atoms with Crippen molar-refractivity contribution in [3.63, 3.8) is 0 Å². The smallest absolute Gasteiger partial charge is 0.224 e. The lowest BCUT2D eigenvalue weighted by molar-refractivity contribution is 0.229. The second-order valence-corrected chi connectivity index (χ2v) is 9.46. The maximum atomic E-state index is 9.52. The van der Waals surface area contributed by atoms with Crippen LogP contribution in [0.5, 0.6) is 0 Å². The van der Waals surface area contributed by atoms with Gasteiger partial charge in [-0.15, -0.1) is 11.3 Å². The first-order valence-corrected chi connectivity index (χ1v) is 11.7. The lowest BCUT2D eigenvalue weighted by atomic mass is 10.1. The van der Waals surface area contributed by atoms with Gasteiger partial charge in [-0.25, -0.2) is 9.97 Å². The molecule has 30 heavy (non-hydrogen) atoms. The van der Waals surface area contributed by atoms with E-state index in [1.165, 1.54) is 17.5 Å². The third kappa shape index (κ3) is 3.74. The second kappa shape index (κ2) is 8.07. The lowest BCUT2D eigenvalue weighted by Crippen LogP contribution is -2.19. The van der Waals surface area contributed by atoms with Crippen LogP contribution in [0.25, 0.3) is 20.8 Å². The van der Waals surface area contributed by atoms with Crippen LogP contribution in [0, 0.1) is 12.8 Å². The van der Waals surface area contributed by atoms with Crippen LogP contribution in [-0.4, -0.2) is 44.2 Å². The van der Waals surface area contributed by atoms with E-state index in [2.05, 4.69) is 21.7 Å². The molecule has 2 aliphatic carbocycles. The Bertz CT molecular complexity index is 1060. The van der Waals surface area contributed by atoms with Gasteiger partial charge in [0.1, 0.15) is 16.3 Å². The highest BCUT2D eigenvalue weighted by molar-refractivity contribution is 7.21. The fourth-order valence-corrected chi connectivity index (χ4v) is 5.44. The molecule has 2 atom stereocenters. The minimum atomic E-state index is 0.255. The Morgan fingerprint density at radius 2 is 2.03 bits per heavy atom. The predicted octanol–water partition coefficient (Wildman–Crippen LogP) is 4.34. The van der Waals surface area contributed by atoms with E-state index in [-0.39, 0.29) is 6.61 Å². The maximum absolute atomic E-state index is 9.52. The molecule has 3 aromatic heterocycles. The van der Waals surface area contributed by atoms with Gasteiger partial charge in [0.25, 0.3) is 0 Å². The molecule has 0 saturated heterocycles. The van der Waals surface area contributed by atoms with Crippen molar-refractivity contribution < 1.29 is 5.11 Å². The number of nitrogens with one attached hydrogen (secondary N) is 2.